The normalized spacial score (nSPS) is 43.9. The van der Waals surface area contributed by atoms with Gasteiger partial charge in [0.25, 0.3) is 0 Å². The van der Waals surface area contributed by atoms with Crippen molar-refractivity contribution in [1.82, 2.24) is 15.0 Å². The summed E-state index contributed by atoms with van der Waals surface area (Å²) in [6.45, 7) is 4.22. The second kappa shape index (κ2) is 7.55. The summed E-state index contributed by atoms with van der Waals surface area (Å²) < 4.78 is 31.8. The Kier molecular flexibility index (Phi) is 5.01. The highest BCUT2D eigenvalue weighted by molar-refractivity contribution is 5.84. The van der Waals surface area contributed by atoms with Gasteiger partial charge in [-0.1, -0.05) is 12.1 Å². The van der Waals surface area contributed by atoms with Gasteiger partial charge in [0.15, 0.2) is 5.78 Å². The fraction of sp³-hybridized carbons (Fsp3) is 0.741. The van der Waals surface area contributed by atoms with E-state index in [0.29, 0.717) is 42.1 Å². The third kappa shape index (κ3) is 3.29. The van der Waals surface area contributed by atoms with Crippen LogP contribution in [0, 0.1) is 40.8 Å². The van der Waals surface area contributed by atoms with Crippen molar-refractivity contribution >= 4 is 16.8 Å². The van der Waals surface area contributed by atoms with Crippen LogP contribution in [-0.2, 0) is 11.3 Å². The Balaban J connectivity index is 1.22. The smallest absolute Gasteiger partial charge is 0.157 e. The molecule has 0 saturated heterocycles. The minimum Gasteiger partial charge on any atom is -0.390 e. The number of benzene rings is 1. The number of halogens is 2. The van der Waals surface area contributed by atoms with E-state index in [9.17, 15) is 14.3 Å². The highest BCUT2D eigenvalue weighted by Gasteiger charge is 2.63. The quantitative estimate of drug-likeness (QED) is 0.664. The molecule has 7 heteroatoms. The van der Waals surface area contributed by atoms with Crippen molar-refractivity contribution < 1.29 is 18.7 Å². The van der Waals surface area contributed by atoms with Crippen LogP contribution < -0.4 is 0 Å². The van der Waals surface area contributed by atoms with Gasteiger partial charge in [-0.2, -0.15) is 0 Å². The topological polar surface area (TPSA) is 68.0 Å². The number of hydrogen-bond donors (Lipinski definition) is 1. The number of aliphatic hydroxyl groups is 1. The van der Waals surface area contributed by atoms with Gasteiger partial charge in [0, 0.05) is 12.0 Å². The van der Waals surface area contributed by atoms with E-state index in [-0.39, 0.29) is 41.3 Å². The zero-order valence-corrected chi connectivity index (χ0v) is 20.1. The summed E-state index contributed by atoms with van der Waals surface area (Å²) in [6.07, 6.45) is 6.93. The second-order valence-corrected chi connectivity index (χ2v) is 12.3. The standard InChI is InChI=1S/C27H35F2N3O2/c1-25(34)11-12-27(29)16(14-25)3-5-18-19-6-7-21(26(19,2)10-9-20(18)27)24(33)15-32-23-13-17(28)4-8-22(23)30-31-32/h4,8,13,16,18-21,34H,3,5-7,9-12,14-15H2,1-2H3/t16-,18+,19+,20+,21-,25-,26+,27-/m1/s1. The van der Waals surface area contributed by atoms with Crippen molar-refractivity contribution in [2.45, 2.75) is 89.4 Å². The van der Waals surface area contributed by atoms with E-state index in [0.717, 1.165) is 38.5 Å². The summed E-state index contributed by atoms with van der Waals surface area (Å²) in [6, 6.07) is 4.32. The van der Waals surface area contributed by atoms with Crippen LogP contribution in [0.4, 0.5) is 8.78 Å². The summed E-state index contributed by atoms with van der Waals surface area (Å²) in [7, 11) is 0. The summed E-state index contributed by atoms with van der Waals surface area (Å²) in [5, 5.41) is 18.8. The molecular weight excluding hydrogens is 436 g/mol. The first-order chi connectivity index (χ1) is 16.1. The zero-order chi connectivity index (χ0) is 23.9. The first-order valence-corrected chi connectivity index (χ1v) is 13.0. The number of carbonyl (C=O) groups excluding carboxylic acids is 1. The number of Topliss-reactive ketones (excluding diaryl/α,β-unsaturated/α-hetero) is 1. The Bertz CT molecular complexity index is 1130. The summed E-state index contributed by atoms with van der Waals surface area (Å²) in [5.41, 5.74) is -0.902. The van der Waals surface area contributed by atoms with Crippen molar-refractivity contribution in [2.75, 3.05) is 0 Å². The van der Waals surface area contributed by atoms with Crippen molar-refractivity contribution in [1.29, 1.82) is 0 Å². The molecule has 0 aliphatic heterocycles. The number of aromatic nitrogens is 3. The average molecular weight is 472 g/mol. The Morgan fingerprint density at radius 3 is 2.76 bits per heavy atom. The highest BCUT2D eigenvalue weighted by Crippen LogP contribution is 2.66. The van der Waals surface area contributed by atoms with Gasteiger partial charge < -0.3 is 5.11 Å². The molecule has 184 valence electrons. The van der Waals surface area contributed by atoms with Crippen LogP contribution in [0.5, 0.6) is 0 Å². The maximum Gasteiger partial charge on any atom is 0.157 e. The fourth-order valence-corrected chi connectivity index (χ4v) is 8.82. The fourth-order valence-electron chi connectivity index (χ4n) is 8.82. The molecule has 0 spiro atoms. The van der Waals surface area contributed by atoms with E-state index in [4.69, 9.17) is 0 Å². The van der Waals surface area contributed by atoms with Crippen molar-refractivity contribution in [2.24, 2.45) is 35.0 Å². The molecule has 1 aromatic carbocycles. The van der Waals surface area contributed by atoms with Crippen LogP contribution in [0.2, 0.25) is 0 Å². The molecule has 5 nitrogen and oxygen atoms in total. The molecule has 1 aromatic heterocycles. The molecule has 34 heavy (non-hydrogen) atoms. The first kappa shape index (κ1) is 22.6. The Labute approximate surface area is 199 Å². The van der Waals surface area contributed by atoms with Crippen LogP contribution in [0.3, 0.4) is 0 Å². The molecule has 0 bridgehead atoms. The van der Waals surface area contributed by atoms with E-state index in [2.05, 4.69) is 17.2 Å². The van der Waals surface area contributed by atoms with Crippen LogP contribution in [0.1, 0.15) is 71.6 Å². The second-order valence-electron chi connectivity index (χ2n) is 12.3. The number of alkyl halides is 1. The minimum atomic E-state index is -1.17. The SMILES string of the molecule is C[C@@]1(O)CC[C@@]2(F)[C@H](CC[C@H]3[C@@H]4CC[C@H](C(=O)Cn5nnc6ccc(F)cc65)[C@@]4(C)CC[C@@H]32)C1. The predicted molar refractivity (Wildman–Crippen MR) is 124 cm³/mol. The van der Waals surface area contributed by atoms with Gasteiger partial charge in [0.05, 0.1) is 11.1 Å². The molecule has 0 amide bonds. The molecule has 4 aliphatic carbocycles. The summed E-state index contributed by atoms with van der Waals surface area (Å²) in [5.74, 6) is 0.389. The maximum absolute atomic E-state index is 16.5. The molecule has 6 rings (SSSR count). The van der Waals surface area contributed by atoms with Gasteiger partial charge in [0.2, 0.25) is 0 Å². The van der Waals surface area contributed by atoms with Crippen LogP contribution in [-0.4, -0.2) is 37.2 Å². The monoisotopic (exact) mass is 471 g/mol. The lowest BCUT2D eigenvalue weighted by molar-refractivity contribution is -0.165. The zero-order valence-electron chi connectivity index (χ0n) is 20.1. The van der Waals surface area contributed by atoms with Crippen LogP contribution >= 0.6 is 0 Å². The van der Waals surface area contributed by atoms with Gasteiger partial charge in [0.1, 0.15) is 23.5 Å². The molecule has 8 atom stereocenters. The Morgan fingerprint density at radius 1 is 1.12 bits per heavy atom. The number of fused-ring (bicyclic) bond motifs is 6. The summed E-state index contributed by atoms with van der Waals surface area (Å²) >= 11 is 0. The predicted octanol–water partition coefficient (Wildman–Crippen LogP) is 5.25. The average Bonchev–Trinajstić information content (AvgIpc) is 3.34. The summed E-state index contributed by atoms with van der Waals surface area (Å²) in [4.78, 5) is 13.5. The van der Waals surface area contributed by atoms with Crippen molar-refractivity contribution in [3.05, 3.63) is 24.0 Å². The number of carbonyl (C=O) groups is 1. The molecule has 0 unspecified atom stereocenters. The molecule has 4 fully saturated rings. The Morgan fingerprint density at radius 2 is 1.94 bits per heavy atom. The number of ketones is 1. The third-order valence-corrected chi connectivity index (χ3v) is 10.5. The minimum absolute atomic E-state index is 0.0401. The van der Waals surface area contributed by atoms with E-state index >= 15 is 4.39 Å². The molecule has 0 radical (unpaired) electrons. The molecule has 4 saturated carbocycles. The first-order valence-electron chi connectivity index (χ1n) is 13.0. The number of rotatable bonds is 3. The van der Waals surface area contributed by atoms with E-state index in [1.165, 1.54) is 16.8 Å². The van der Waals surface area contributed by atoms with Gasteiger partial charge in [-0.3, -0.25) is 4.79 Å². The van der Waals surface area contributed by atoms with Crippen LogP contribution in [0.25, 0.3) is 11.0 Å². The molecular formula is C27H35F2N3O2. The molecule has 2 aromatic rings. The van der Waals surface area contributed by atoms with E-state index in [1.54, 1.807) is 6.07 Å². The maximum atomic E-state index is 16.5. The van der Waals surface area contributed by atoms with Gasteiger partial charge in [-0.15, -0.1) is 5.10 Å². The van der Waals surface area contributed by atoms with Crippen molar-refractivity contribution in [3.8, 4) is 0 Å². The van der Waals surface area contributed by atoms with Crippen LogP contribution in [0.15, 0.2) is 18.2 Å². The third-order valence-electron chi connectivity index (χ3n) is 10.5. The lowest BCUT2D eigenvalue weighted by Crippen LogP contribution is -2.58. The van der Waals surface area contributed by atoms with E-state index < -0.39 is 11.3 Å². The number of nitrogens with zero attached hydrogens (tertiary/aromatic N) is 3. The lowest BCUT2D eigenvalue weighted by Gasteiger charge is -2.59. The van der Waals surface area contributed by atoms with Gasteiger partial charge >= 0.3 is 0 Å². The lowest BCUT2D eigenvalue weighted by atomic mass is 9.48. The molecule has 4 aliphatic rings. The van der Waals surface area contributed by atoms with Gasteiger partial charge in [-0.25, -0.2) is 13.5 Å². The molecule has 1 heterocycles. The van der Waals surface area contributed by atoms with Crippen molar-refractivity contribution in [3.63, 3.8) is 0 Å². The highest BCUT2D eigenvalue weighted by atomic mass is 19.1. The molecule has 1 N–H and O–H groups in total. The van der Waals surface area contributed by atoms with Gasteiger partial charge in [-0.05, 0) is 106 Å². The number of hydrogen-bond acceptors (Lipinski definition) is 4. The largest absolute Gasteiger partial charge is 0.390 e. The Hall–Kier alpha value is -1.89. The van der Waals surface area contributed by atoms with E-state index in [1.807, 2.05) is 6.92 Å².